The van der Waals surface area contributed by atoms with Crippen molar-refractivity contribution in [1.29, 1.82) is 0 Å². The van der Waals surface area contributed by atoms with Gasteiger partial charge in [-0.2, -0.15) is 0 Å². The molecule has 0 saturated heterocycles. The van der Waals surface area contributed by atoms with Crippen LogP contribution in [0.15, 0.2) is 109 Å². The number of hydrogen-bond donors (Lipinski definition) is 2. The maximum atomic E-state index is 13.6. The van der Waals surface area contributed by atoms with Gasteiger partial charge in [-0.15, -0.1) is 0 Å². The number of hydrogen-bond acceptors (Lipinski definition) is 6. The number of quaternary nitrogens is 1. The molecule has 0 aromatic carbocycles. The predicted octanol–water partition coefficient (Wildman–Crippen LogP) is 21.3. The summed E-state index contributed by atoms with van der Waals surface area (Å²) in [6.45, 7) is 6.85. The lowest BCUT2D eigenvalue weighted by molar-refractivity contribution is -0.870. The lowest BCUT2D eigenvalue weighted by Crippen LogP contribution is -2.47. The summed E-state index contributed by atoms with van der Waals surface area (Å²) in [6, 6.07) is -0.873. The van der Waals surface area contributed by atoms with Gasteiger partial charge in [-0.3, -0.25) is 18.6 Å². The van der Waals surface area contributed by atoms with E-state index in [0.717, 1.165) is 103 Å². The van der Waals surface area contributed by atoms with E-state index in [4.69, 9.17) is 13.8 Å². The number of unbranched alkanes of at least 4 members (excludes halogenated alkanes) is 28. The minimum atomic E-state index is -4.47. The average molecular weight is 1160 g/mol. The van der Waals surface area contributed by atoms with Crippen LogP contribution in [0.3, 0.4) is 0 Å². The summed E-state index contributed by atoms with van der Waals surface area (Å²) in [5.74, 6) is -0.546. The standard InChI is InChI=1S/C72H127N2O7P/c1-7-10-13-16-19-22-25-28-30-32-33-34-35-36-37-38-39-40-41-42-44-47-50-53-56-59-62-65-72(76)81-70(63-60-57-54-51-48-45-27-24-21-18-15-12-9-3)69(68-80-82(77,78)79-67-66-74(4,5)6)73-71(75)64-61-58-55-52-49-46-43-31-29-26-23-20-17-14-11-8-2/h11,14,19-20,22-23,28-31,33-34,36-37,46,49,60,63,69-70H,7-10,12-13,15-18,21,24-27,32,35,38-45,47-48,50-59,61-62,64-68H2,1-6H3,(H-,73,75,77,78)/p+1/b14-11+,22-19-,23-20+,30-28-,31-29+,34-33-,37-36-,49-46+,63-60-. The van der Waals surface area contributed by atoms with E-state index in [0.29, 0.717) is 17.4 Å². The Bertz CT molecular complexity index is 1770. The molecule has 0 aromatic heterocycles. The molecule has 0 rings (SSSR count). The Morgan fingerprint density at radius 2 is 0.780 bits per heavy atom. The highest BCUT2D eigenvalue weighted by Crippen LogP contribution is 2.43. The number of carbonyl (C=O) groups is 2. The number of carbonyl (C=O) groups excluding carboxylic acids is 2. The molecule has 0 radical (unpaired) electrons. The fraction of sp³-hybridized carbons (Fsp3) is 0.722. The van der Waals surface area contributed by atoms with Crippen LogP contribution in [0.25, 0.3) is 0 Å². The lowest BCUT2D eigenvalue weighted by atomic mass is 10.0. The third-order valence-corrected chi connectivity index (χ3v) is 15.4. The van der Waals surface area contributed by atoms with E-state index < -0.39 is 20.0 Å². The summed E-state index contributed by atoms with van der Waals surface area (Å²) in [4.78, 5) is 37.8. The van der Waals surface area contributed by atoms with Gasteiger partial charge in [0.1, 0.15) is 19.3 Å². The number of phosphoric acid groups is 1. The number of nitrogens with zero attached hydrogens (tertiary/aromatic N) is 1. The van der Waals surface area contributed by atoms with Crippen LogP contribution in [-0.4, -0.2) is 74.3 Å². The second kappa shape index (κ2) is 60.8. The van der Waals surface area contributed by atoms with E-state index in [-0.39, 0.29) is 37.9 Å². The number of likely N-dealkylation sites (N-methyl/N-ethyl adjacent to an activating group) is 1. The molecule has 472 valence electrons. The van der Waals surface area contributed by atoms with Crippen LogP contribution in [0.5, 0.6) is 0 Å². The van der Waals surface area contributed by atoms with Gasteiger partial charge in [0.25, 0.3) is 0 Å². The van der Waals surface area contributed by atoms with Gasteiger partial charge in [0, 0.05) is 12.8 Å². The zero-order chi connectivity index (χ0) is 60.0. The van der Waals surface area contributed by atoms with Crippen molar-refractivity contribution in [2.24, 2.45) is 0 Å². The molecule has 3 atom stereocenters. The van der Waals surface area contributed by atoms with E-state index >= 15 is 0 Å². The molecule has 2 N–H and O–H groups in total. The van der Waals surface area contributed by atoms with E-state index in [1.165, 1.54) is 141 Å². The highest BCUT2D eigenvalue weighted by molar-refractivity contribution is 7.47. The Balaban J connectivity index is 5.16. The molecule has 0 saturated carbocycles. The summed E-state index contributed by atoms with van der Waals surface area (Å²) >= 11 is 0. The number of phosphoric ester groups is 1. The molecule has 0 fully saturated rings. The quantitative estimate of drug-likeness (QED) is 0.0205. The minimum Gasteiger partial charge on any atom is -0.456 e. The molecule has 0 heterocycles. The van der Waals surface area contributed by atoms with Crippen LogP contribution in [0.2, 0.25) is 0 Å². The maximum absolute atomic E-state index is 13.6. The van der Waals surface area contributed by atoms with Crippen molar-refractivity contribution < 1.29 is 37.3 Å². The van der Waals surface area contributed by atoms with Crippen LogP contribution in [0, 0.1) is 0 Å². The molecular weight excluding hydrogens is 1040 g/mol. The van der Waals surface area contributed by atoms with Crippen LogP contribution in [0.1, 0.15) is 284 Å². The van der Waals surface area contributed by atoms with Gasteiger partial charge < -0.3 is 19.4 Å². The van der Waals surface area contributed by atoms with Gasteiger partial charge in [-0.05, 0) is 115 Å². The highest BCUT2D eigenvalue weighted by Gasteiger charge is 2.30. The first-order chi connectivity index (χ1) is 39.9. The Kier molecular flexibility index (Phi) is 58.3. The summed E-state index contributed by atoms with van der Waals surface area (Å²) in [7, 11) is 1.46. The van der Waals surface area contributed by atoms with Gasteiger partial charge in [0.05, 0.1) is 33.8 Å². The molecule has 1 amide bonds. The molecule has 0 aliphatic heterocycles. The summed E-state index contributed by atoms with van der Waals surface area (Å²) in [5, 5.41) is 3.04. The molecule has 0 aromatic rings. The van der Waals surface area contributed by atoms with Gasteiger partial charge in [-0.1, -0.05) is 265 Å². The van der Waals surface area contributed by atoms with E-state index in [2.05, 4.69) is 123 Å². The Labute approximate surface area is 506 Å². The molecule has 0 aliphatic rings. The zero-order valence-corrected chi connectivity index (χ0v) is 54.8. The molecule has 9 nitrogen and oxygen atoms in total. The number of esters is 1. The molecule has 0 spiro atoms. The maximum Gasteiger partial charge on any atom is 0.472 e. The van der Waals surface area contributed by atoms with Gasteiger partial charge in [-0.25, -0.2) is 4.57 Å². The van der Waals surface area contributed by atoms with Crippen molar-refractivity contribution in [2.45, 2.75) is 296 Å². The van der Waals surface area contributed by atoms with Crippen molar-refractivity contribution >= 4 is 19.7 Å². The number of rotatable bonds is 60. The van der Waals surface area contributed by atoms with Crippen LogP contribution < -0.4 is 5.32 Å². The number of amides is 1. The average Bonchev–Trinajstić information content (AvgIpc) is 3.45. The fourth-order valence-electron chi connectivity index (χ4n) is 9.27. The topological polar surface area (TPSA) is 111 Å². The largest absolute Gasteiger partial charge is 0.472 e. The van der Waals surface area contributed by atoms with Crippen LogP contribution in [0.4, 0.5) is 0 Å². The van der Waals surface area contributed by atoms with Crippen molar-refractivity contribution in [3.8, 4) is 0 Å². The molecule has 3 unspecified atom stereocenters. The Hall–Kier alpha value is -3.33. The molecule has 82 heavy (non-hydrogen) atoms. The predicted molar refractivity (Wildman–Crippen MR) is 355 cm³/mol. The van der Waals surface area contributed by atoms with Crippen LogP contribution in [-0.2, 0) is 27.9 Å². The van der Waals surface area contributed by atoms with Gasteiger partial charge >= 0.3 is 13.8 Å². The highest BCUT2D eigenvalue weighted by atomic mass is 31.2. The molecule has 0 aliphatic carbocycles. The summed E-state index contributed by atoms with van der Waals surface area (Å²) in [6.07, 6.45) is 83.8. The smallest absolute Gasteiger partial charge is 0.456 e. The second-order valence-corrected chi connectivity index (χ2v) is 25.1. The number of ether oxygens (including phenoxy) is 1. The number of nitrogens with one attached hydrogen (secondary N) is 1. The first-order valence-electron chi connectivity index (χ1n) is 33.7. The second-order valence-electron chi connectivity index (χ2n) is 23.6. The molecule has 0 bridgehead atoms. The molecule has 10 heteroatoms. The van der Waals surface area contributed by atoms with Gasteiger partial charge in [0.15, 0.2) is 0 Å². The monoisotopic (exact) mass is 1160 g/mol. The molecular formula is C72H128N2O7P+. The first-order valence-corrected chi connectivity index (χ1v) is 35.2. The van der Waals surface area contributed by atoms with E-state index in [9.17, 15) is 19.0 Å². The van der Waals surface area contributed by atoms with Crippen LogP contribution >= 0.6 is 7.82 Å². The normalized spacial score (nSPS) is 14.3. The van der Waals surface area contributed by atoms with Crippen molar-refractivity contribution in [3.63, 3.8) is 0 Å². The van der Waals surface area contributed by atoms with Crippen molar-refractivity contribution in [1.82, 2.24) is 5.32 Å². The zero-order valence-electron chi connectivity index (χ0n) is 54.0. The van der Waals surface area contributed by atoms with Crippen molar-refractivity contribution in [3.05, 3.63) is 109 Å². The third-order valence-electron chi connectivity index (χ3n) is 14.4. The van der Waals surface area contributed by atoms with Gasteiger partial charge in [0.2, 0.25) is 5.91 Å². The van der Waals surface area contributed by atoms with E-state index in [1.807, 2.05) is 33.3 Å². The summed E-state index contributed by atoms with van der Waals surface area (Å²) in [5.41, 5.74) is 0. The first kappa shape index (κ1) is 78.7. The van der Waals surface area contributed by atoms with E-state index in [1.54, 1.807) is 0 Å². The third kappa shape index (κ3) is 61.2. The van der Waals surface area contributed by atoms with Crippen molar-refractivity contribution in [2.75, 3.05) is 40.9 Å². The SMILES string of the molecule is CC/C=C/C/C=C/C/C=C/C/C=C/CCCCCC(=O)NC(COP(=O)(O)OCC[N+](C)(C)C)C(/C=C\CCCCCCCCCCCCC)OC(=O)CCCCCCCCCCCCC/C=C\C/C=C\C/C=C\C/C=C\CCCCC. The minimum absolute atomic E-state index is 0.0285. The Morgan fingerprint density at radius 1 is 0.439 bits per heavy atom. The number of allylic oxidation sites excluding steroid dienone is 17. The summed E-state index contributed by atoms with van der Waals surface area (Å²) < 4.78 is 30.7. The lowest BCUT2D eigenvalue weighted by Gasteiger charge is -2.27. The Morgan fingerprint density at radius 3 is 1.21 bits per heavy atom. The fourth-order valence-corrected chi connectivity index (χ4v) is 10.0.